The first-order chi connectivity index (χ1) is 56.7. The third-order valence-electron chi connectivity index (χ3n) is 22.9. The molecule has 4 aliphatic carbocycles. The second kappa shape index (κ2) is 38.0. The second-order valence-corrected chi connectivity index (χ2v) is 34.2. The number of carbonyl (C=O) groups excluding carboxylic acids is 4. The van der Waals surface area contributed by atoms with Gasteiger partial charge in [0.2, 0.25) is 0 Å². The fourth-order valence-corrected chi connectivity index (χ4v) is 17.6. The van der Waals surface area contributed by atoms with Gasteiger partial charge in [-0.2, -0.15) is 0 Å². The number of halogens is 3. The van der Waals surface area contributed by atoms with Gasteiger partial charge >= 0.3 is 24.2 Å². The van der Waals surface area contributed by atoms with Gasteiger partial charge in [-0.1, -0.05) is 97.9 Å². The van der Waals surface area contributed by atoms with Gasteiger partial charge in [0.15, 0.2) is 0 Å². The van der Waals surface area contributed by atoms with Crippen molar-refractivity contribution in [2.24, 2.45) is 32.6 Å². The molecule has 628 valence electrons. The lowest BCUT2D eigenvalue weighted by molar-refractivity contribution is 0.0512. The standard InChI is InChI=1S/C31H37ClN6O4.C30H36ClN7O.C28H34ClN7O.CH4/c1-19(2)41-30(39)35-28(26-17-33-18-36(26)5)25-15-21-7-6-10-34-27(21)29(23-9-8-22(32)16-24(23)25)37-11-13-38(14-12-37)31(40)42-20(3)4;1-36-19-33-18-26(36)27(32)25-16-20-6-5-11-34-28(20)29(23-10-9-21(31)17-24(23)25)37-12-14-38(15-13-37)30(39)35-22-7-3-2-4-8-22;1-28(2,3)33-27(37)36-12-10-35(11-13-36)26-20-8-7-19(29)15-21(20)22(14-18-6-5-9-32-25(18)26)24(30)23-16-31-17-34(23)4;/h6-10,15-20,28-29H,11-14H2,1-5H3,(H,35,39);5-6,9-11,16-19,22,27,29H,2-4,7-8,12-15,32H2,1H3,(H,35,39);5-9,14-17,24,26H,10-13,30H2,1-4H3,(H,33,37);1H4/t28?,29-;27?,29-;24?,26-;/m000./s1. The van der Waals surface area contributed by atoms with Gasteiger partial charge in [0.25, 0.3) is 0 Å². The van der Waals surface area contributed by atoms with Gasteiger partial charge in [0, 0.05) is 145 Å². The number of alkyl carbamates (subject to hydrolysis) is 1. The Balaban J connectivity index is 0.000000154. The molecule has 29 heteroatoms. The molecular formula is C90H111Cl3N20O6. The van der Waals surface area contributed by atoms with Crippen LogP contribution >= 0.6 is 34.8 Å². The van der Waals surface area contributed by atoms with Gasteiger partial charge in [-0.3, -0.25) is 29.7 Å². The van der Waals surface area contributed by atoms with Crippen LogP contribution < -0.4 is 27.4 Å². The molecule has 0 spiro atoms. The summed E-state index contributed by atoms with van der Waals surface area (Å²) in [5, 5.41) is 11.3. The number of carbonyl (C=O) groups is 4. The van der Waals surface area contributed by atoms with E-state index in [0.717, 1.165) is 140 Å². The molecule has 7 N–H and O–H groups in total. The second-order valence-electron chi connectivity index (χ2n) is 32.9. The van der Waals surface area contributed by atoms with E-state index in [2.05, 4.69) is 88.1 Å². The predicted octanol–water partition coefficient (Wildman–Crippen LogP) is 15.1. The Bertz CT molecular complexity index is 5190. The molecule has 0 bridgehead atoms. The van der Waals surface area contributed by atoms with E-state index in [1.165, 1.54) is 19.3 Å². The molecule has 0 radical (unpaired) electrons. The van der Waals surface area contributed by atoms with E-state index in [4.69, 9.17) is 70.7 Å². The lowest BCUT2D eigenvalue weighted by Gasteiger charge is -2.40. The minimum atomic E-state index is -0.588. The number of aromatic nitrogens is 9. The van der Waals surface area contributed by atoms with Crippen LogP contribution in [0, 0.1) is 0 Å². The molecule has 26 nitrogen and oxygen atoms in total. The van der Waals surface area contributed by atoms with Crippen molar-refractivity contribution < 1.29 is 28.7 Å². The van der Waals surface area contributed by atoms with Crippen molar-refractivity contribution in [1.82, 2.24) is 89.0 Å². The normalized spacial score (nSPS) is 19.0. The van der Waals surface area contributed by atoms with Crippen molar-refractivity contribution in [2.45, 2.75) is 148 Å². The smallest absolute Gasteiger partial charge is 0.410 e. The van der Waals surface area contributed by atoms with Crippen LogP contribution in [0.2, 0.25) is 15.1 Å². The molecule has 3 unspecified atom stereocenters. The molecule has 6 amide bonds. The summed E-state index contributed by atoms with van der Waals surface area (Å²) in [4.78, 5) is 91.8. The number of hydrogen-bond acceptors (Lipinski definition) is 17. The summed E-state index contributed by atoms with van der Waals surface area (Å²) in [5.74, 6) is 0. The first-order valence-corrected chi connectivity index (χ1v) is 41.9. The monoisotopic (exact) mass is 1670 g/mol. The summed E-state index contributed by atoms with van der Waals surface area (Å²) in [6.45, 7) is 21.2. The lowest BCUT2D eigenvalue weighted by atomic mass is 9.90. The predicted molar refractivity (Wildman–Crippen MR) is 469 cm³/mol. The highest BCUT2D eigenvalue weighted by Gasteiger charge is 2.41. The fourth-order valence-electron chi connectivity index (χ4n) is 17.1. The molecular weight excluding hydrogens is 1560 g/mol. The Labute approximate surface area is 713 Å². The average molecular weight is 1680 g/mol. The molecule has 1 saturated carbocycles. The summed E-state index contributed by atoms with van der Waals surface area (Å²) >= 11 is 19.7. The minimum Gasteiger partial charge on any atom is -0.447 e. The molecule has 6 aromatic heterocycles. The number of piperazine rings is 3. The van der Waals surface area contributed by atoms with E-state index in [1.54, 1.807) is 36.3 Å². The maximum atomic E-state index is 13.0. The molecule has 3 saturated heterocycles. The van der Waals surface area contributed by atoms with Crippen molar-refractivity contribution in [3.05, 3.63) is 246 Å². The van der Waals surface area contributed by atoms with E-state index in [1.807, 2.05) is 185 Å². The van der Waals surface area contributed by atoms with E-state index in [9.17, 15) is 19.2 Å². The number of nitrogens with one attached hydrogen (secondary N) is 3. The highest BCUT2D eigenvalue weighted by Crippen LogP contribution is 2.48. The van der Waals surface area contributed by atoms with Crippen LogP contribution in [-0.2, 0) is 30.6 Å². The number of benzene rings is 3. The quantitative estimate of drug-likeness (QED) is 0.0717. The number of aryl methyl sites for hydroxylation is 3. The first kappa shape index (κ1) is 86.6. The summed E-state index contributed by atoms with van der Waals surface area (Å²) < 4.78 is 16.7. The molecule has 3 aliphatic heterocycles. The van der Waals surface area contributed by atoms with Crippen molar-refractivity contribution in [3.63, 3.8) is 0 Å². The highest BCUT2D eigenvalue weighted by molar-refractivity contribution is 6.31. The number of imidazole rings is 3. The van der Waals surface area contributed by atoms with Crippen LogP contribution in [-0.4, -0.2) is 200 Å². The van der Waals surface area contributed by atoms with Crippen LogP contribution in [0.5, 0.6) is 0 Å². The molecule has 119 heavy (non-hydrogen) atoms. The van der Waals surface area contributed by atoms with Gasteiger partial charge in [-0.15, -0.1) is 0 Å². The maximum Gasteiger partial charge on any atom is 0.410 e. The Hall–Kier alpha value is -10.3. The Morgan fingerprint density at radius 2 is 0.849 bits per heavy atom. The van der Waals surface area contributed by atoms with Crippen molar-refractivity contribution in [3.8, 4) is 0 Å². The topological polar surface area (TPSA) is 286 Å². The van der Waals surface area contributed by atoms with Crippen molar-refractivity contribution >= 4 is 94.0 Å². The van der Waals surface area contributed by atoms with Gasteiger partial charge in [-0.05, 0) is 201 Å². The number of pyridine rings is 3. The number of hydrogen-bond donors (Lipinski definition) is 5. The number of ether oxygens (including phenoxy) is 2. The lowest BCUT2D eigenvalue weighted by Crippen LogP contribution is -2.55. The minimum absolute atomic E-state index is 0. The van der Waals surface area contributed by atoms with Gasteiger partial charge in [-0.25, -0.2) is 34.1 Å². The Morgan fingerprint density at radius 1 is 0.479 bits per heavy atom. The number of urea groups is 2. The zero-order valence-electron chi connectivity index (χ0n) is 68.8. The average Bonchev–Trinajstić information content (AvgIpc) is 1.64. The Morgan fingerprint density at radius 3 is 1.23 bits per heavy atom. The zero-order valence-corrected chi connectivity index (χ0v) is 71.0. The summed E-state index contributed by atoms with van der Waals surface area (Å²) in [5.41, 5.74) is 31.0. The van der Waals surface area contributed by atoms with Crippen LogP contribution in [0.1, 0.15) is 208 Å². The molecule has 6 atom stereocenters. The summed E-state index contributed by atoms with van der Waals surface area (Å²) in [7, 11) is 5.80. The zero-order chi connectivity index (χ0) is 83.2. The highest BCUT2D eigenvalue weighted by atomic mass is 35.5. The SMILES string of the molecule is C.CC(C)OC(=O)NC(C1=Cc2cccnc2[C@@H](N2CCN(C(=O)OC(C)C)CC2)c2ccc(Cl)cc21)c1cncn1C.Cn1cncc1C(N)C1=Cc2cccnc2[C@@H](N2CCN(C(=O)NC(C)(C)C)CC2)c2ccc(Cl)cc21.Cn1cncc1C(N)C1=Cc2cccnc2[C@@H](N2CCN(C(=O)NC3CCCCC3)CC2)c2ccc(Cl)cc21. The fraction of sp³-hybridized carbons (Fsp3) is 0.422. The van der Waals surface area contributed by atoms with Gasteiger partial charge in [0.1, 0.15) is 0 Å². The van der Waals surface area contributed by atoms with Crippen LogP contribution in [0.3, 0.4) is 0 Å². The number of nitrogens with two attached hydrogens (primary N) is 2. The van der Waals surface area contributed by atoms with Gasteiger partial charge in [0.05, 0.1) is 120 Å². The molecule has 4 fully saturated rings. The number of rotatable bonds is 13. The molecule has 7 aliphatic rings. The van der Waals surface area contributed by atoms with E-state index in [0.29, 0.717) is 73.5 Å². The third-order valence-corrected chi connectivity index (χ3v) is 23.6. The van der Waals surface area contributed by atoms with Crippen LogP contribution in [0.4, 0.5) is 19.2 Å². The third kappa shape index (κ3) is 19.8. The Kier molecular flexibility index (Phi) is 27.6. The van der Waals surface area contributed by atoms with E-state index in [-0.39, 0.29) is 67.5 Å². The first-order valence-electron chi connectivity index (χ1n) is 40.8. The maximum absolute atomic E-state index is 13.0. The largest absolute Gasteiger partial charge is 0.447 e. The number of fused-ring (bicyclic) bond motifs is 6. The summed E-state index contributed by atoms with van der Waals surface area (Å²) in [6, 6.07) is 28.6. The molecule has 3 aromatic carbocycles. The number of amides is 6. The van der Waals surface area contributed by atoms with Crippen molar-refractivity contribution in [1.29, 1.82) is 0 Å². The van der Waals surface area contributed by atoms with E-state index >= 15 is 0 Å². The van der Waals surface area contributed by atoms with Crippen LogP contribution in [0.15, 0.2) is 147 Å². The van der Waals surface area contributed by atoms with Crippen molar-refractivity contribution in [2.75, 3.05) is 78.5 Å². The molecule has 9 heterocycles. The van der Waals surface area contributed by atoms with Crippen LogP contribution in [0.25, 0.3) is 34.9 Å². The van der Waals surface area contributed by atoms with E-state index < -0.39 is 18.2 Å². The number of nitrogens with zero attached hydrogens (tertiary/aromatic N) is 15. The summed E-state index contributed by atoms with van der Waals surface area (Å²) in [6.07, 6.45) is 27.1. The molecule has 9 aromatic rings. The van der Waals surface area contributed by atoms with Gasteiger partial charge < -0.3 is 65.3 Å². The molecule has 16 rings (SSSR count).